The van der Waals surface area contributed by atoms with Crippen LogP contribution in [0, 0.1) is 11.8 Å². The summed E-state index contributed by atoms with van der Waals surface area (Å²) < 4.78 is 16.2. The van der Waals surface area contributed by atoms with Crippen LogP contribution in [-0.4, -0.2) is 55.2 Å². The van der Waals surface area contributed by atoms with E-state index in [1.807, 2.05) is 13.8 Å². The van der Waals surface area contributed by atoms with Gasteiger partial charge in [-0.3, -0.25) is 0 Å². The molecule has 0 saturated carbocycles. The molecular formula is C14H23NO6. The third kappa shape index (κ3) is 4.31. The summed E-state index contributed by atoms with van der Waals surface area (Å²) in [6.45, 7) is 5.31. The largest absolute Gasteiger partial charge is 0.480 e. The Morgan fingerprint density at radius 3 is 2.81 bits per heavy atom. The zero-order chi connectivity index (χ0) is 15.4. The minimum absolute atomic E-state index is 0.0255. The van der Waals surface area contributed by atoms with Gasteiger partial charge in [0.05, 0.1) is 19.3 Å². The molecule has 0 aromatic rings. The van der Waals surface area contributed by atoms with Gasteiger partial charge >= 0.3 is 12.1 Å². The van der Waals surface area contributed by atoms with Crippen LogP contribution in [0.4, 0.5) is 4.79 Å². The smallest absolute Gasteiger partial charge is 0.408 e. The first-order valence-corrected chi connectivity index (χ1v) is 7.36. The summed E-state index contributed by atoms with van der Waals surface area (Å²) in [6, 6.07) is -0.926. The Bertz CT molecular complexity index is 386. The average Bonchev–Trinajstić information content (AvgIpc) is 2.81. The van der Waals surface area contributed by atoms with Gasteiger partial charge in [-0.15, -0.1) is 0 Å². The normalized spacial score (nSPS) is 29.8. The van der Waals surface area contributed by atoms with E-state index in [4.69, 9.17) is 19.3 Å². The van der Waals surface area contributed by atoms with Crippen molar-refractivity contribution >= 4 is 12.1 Å². The van der Waals surface area contributed by atoms with Gasteiger partial charge in [0.15, 0.2) is 0 Å². The maximum absolute atomic E-state index is 11.9. The maximum atomic E-state index is 11.9. The molecule has 2 fully saturated rings. The number of nitrogens with one attached hydrogen (secondary N) is 1. The lowest BCUT2D eigenvalue weighted by Gasteiger charge is -2.27. The van der Waals surface area contributed by atoms with Crippen LogP contribution in [0.5, 0.6) is 0 Å². The molecule has 7 nitrogen and oxygen atoms in total. The number of carboxylic acid groups (broad SMARTS) is 1. The van der Waals surface area contributed by atoms with Gasteiger partial charge in [-0.1, -0.05) is 13.8 Å². The number of carboxylic acids is 1. The molecule has 120 valence electrons. The standard InChI is InChI=1S/C14H23NO6/c1-8(2)5-10(13(16)17)15-14(18)21-12-7-20-11-6-19-4-3-9(11)12/h8-12H,3-7H2,1-2H3,(H,15,18)(H,16,17)/t9-,10+,11+,12+/m1/s1. The molecule has 2 heterocycles. The summed E-state index contributed by atoms with van der Waals surface area (Å²) in [7, 11) is 0. The highest BCUT2D eigenvalue weighted by atomic mass is 16.6. The van der Waals surface area contributed by atoms with Gasteiger partial charge in [-0.25, -0.2) is 9.59 Å². The molecule has 0 bridgehead atoms. The van der Waals surface area contributed by atoms with E-state index in [9.17, 15) is 9.59 Å². The topological polar surface area (TPSA) is 94.1 Å². The Hall–Kier alpha value is -1.34. The first kappa shape index (κ1) is 16.0. The zero-order valence-corrected chi connectivity index (χ0v) is 12.4. The summed E-state index contributed by atoms with van der Waals surface area (Å²) in [5, 5.41) is 11.5. The van der Waals surface area contributed by atoms with Crippen molar-refractivity contribution < 1.29 is 28.9 Å². The van der Waals surface area contributed by atoms with Crippen LogP contribution in [0.15, 0.2) is 0 Å². The van der Waals surface area contributed by atoms with Crippen LogP contribution in [0.1, 0.15) is 26.7 Å². The summed E-state index contributed by atoms with van der Waals surface area (Å²) in [4.78, 5) is 23.0. The summed E-state index contributed by atoms with van der Waals surface area (Å²) in [6.07, 6.45) is 0.112. The molecule has 2 aliphatic heterocycles. The summed E-state index contributed by atoms with van der Waals surface area (Å²) in [5.41, 5.74) is 0. The molecule has 0 aromatic carbocycles. The van der Waals surface area contributed by atoms with Crippen molar-refractivity contribution in [2.75, 3.05) is 19.8 Å². The highest BCUT2D eigenvalue weighted by Gasteiger charge is 2.41. The molecule has 7 heteroatoms. The molecule has 4 atom stereocenters. The molecule has 0 unspecified atom stereocenters. The highest BCUT2D eigenvalue weighted by molar-refractivity contribution is 5.79. The van der Waals surface area contributed by atoms with Crippen molar-refractivity contribution in [1.82, 2.24) is 5.32 Å². The number of carbonyl (C=O) groups is 2. The van der Waals surface area contributed by atoms with Crippen LogP contribution in [0.3, 0.4) is 0 Å². The van der Waals surface area contributed by atoms with Crippen molar-refractivity contribution in [2.24, 2.45) is 11.8 Å². The van der Waals surface area contributed by atoms with Gasteiger partial charge in [-0.05, 0) is 18.8 Å². The Morgan fingerprint density at radius 1 is 1.38 bits per heavy atom. The molecular weight excluding hydrogens is 278 g/mol. The van der Waals surface area contributed by atoms with E-state index in [2.05, 4.69) is 5.32 Å². The second-order valence-electron chi connectivity index (χ2n) is 6.01. The number of ether oxygens (including phenoxy) is 3. The molecule has 1 amide bonds. The van der Waals surface area contributed by atoms with E-state index in [0.717, 1.165) is 6.42 Å². The lowest BCUT2D eigenvalue weighted by molar-refractivity contribution is -0.139. The van der Waals surface area contributed by atoms with Crippen molar-refractivity contribution in [3.05, 3.63) is 0 Å². The van der Waals surface area contributed by atoms with E-state index in [-0.39, 0.29) is 24.0 Å². The van der Waals surface area contributed by atoms with Gasteiger partial charge in [0.1, 0.15) is 12.1 Å². The number of hydrogen-bond acceptors (Lipinski definition) is 5. The van der Waals surface area contributed by atoms with Crippen LogP contribution in [0.25, 0.3) is 0 Å². The summed E-state index contributed by atoms with van der Waals surface area (Å²) >= 11 is 0. The van der Waals surface area contributed by atoms with E-state index in [0.29, 0.717) is 26.2 Å². The predicted molar refractivity (Wildman–Crippen MR) is 72.9 cm³/mol. The molecule has 2 N–H and O–H groups in total. The van der Waals surface area contributed by atoms with E-state index < -0.39 is 18.1 Å². The van der Waals surface area contributed by atoms with E-state index in [1.165, 1.54) is 0 Å². The Balaban J connectivity index is 1.84. The first-order valence-electron chi connectivity index (χ1n) is 7.36. The number of alkyl carbamates (subject to hydrolysis) is 1. The lowest BCUT2D eigenvalue weighted by Crippen LogP contribution is -2.44. The fraction of sp³-hybridized carbons (Fsp3) is 0.857. The SMILES string of the molecule is CC(C)C[C@H](NC(=O)O[C@H]1CO[C@H]2COCC[C@H]21)C(=O)O. The number of aliphatic carboxylic acids is 1. The number of hydrogen-bond donors (Lipinski definition) is 2. The predicted octanol–water partition coefficient (Wildman–Crippen LogP) is 1.02. The zero-order valence-electron chi connectivity index (χ0n) is 12.4. The lowest BCUT2D eigenvalue weighted by atomic mass is 9.94. The van der Waals surface area contributed by atoms with E-state index >= 15 is 0 Å². The number of rotatable bonds is 5. The van der Waals surface area contributed by atoms with Crippen LogP contribution in [0.2, 0.25) is 0 Å². The van der Waals surface area contributed by atoms with Crippen LogP contribution in [-0.2, 0) is 19.0 Å². The quantitative estimate of drug-likeness (QED) is 0.787. The summed E-state index contributed by atoms with van der Waals surface area (Å²) in [5.74, 6) is -0.744. The van der Waals surface area contributed by atoms with Gasteiger partial charge in [-0.2, -0.15) is 0 Å². The number of carbonyl (C=O) groups excluding carboxylic acids is 1. The van der Waals surface area contributed by atoms with E-state index in [1.54, 1.807) is 0 Å². The monoisotopic (exact) mass is 301 g/mol. The van der Waals surface area contributed by atoms with Crippen molar-refractivity contribution in [3.63, 3.8) is 0 Å². The molecule has 21 heavy (non-hydrogen) atoms. The Morgan fingerprint density at radius 2 is 2.14 bits per heavy atom. The first-order chi connectivity index (χ1) is 9.97. The molecule has 0 spiro atoms. The highest BCUT2D eigenvalue weighted by Crippen LogP contribution is 2.30. The molecule has 2 rings (SSSR count). The van der Waals surface area contributed by atoms with Crippen molar-refractivity contribution in [3.8, 4) is 0 Å². The maximum Gasteiger partial charge on any atom is 0.408 e. The number of amides is 1. The third-order valence-corrected chi connectivity index (χ3v) is 3.86. The minimum atomic E-state index is -1.05. The molecule has 2 aliphatic rings. The van der Waals surface area contributed by atoms with Crippen LogP contribution < -0.4 is 5.32 Å². The minimum Gasteiger partial charge on any atom is -0.480 e. The second-order valence-corrected chi connectivity index (χ2v) is 6.01. The Kier molecular flexibility index (Phi) is 5.41. The van der Waals surface area contributed by atoms with Crippen molar-refractivity contribution in [2.45, 2.75) is 44.9 Å². The fourth-order valence-electron chi connectivity index (χ4n) is 2.80. The second kappa shape index (κ2) is 7.09. The molecule has 0 aromatic heterocycles. The van der Waals surface area contributed by atoms with Gasteiger partial charge < -0.3 is 24.6 Å². The van der Waals surface area contributed by atoms with Gasteiger partial charge in [0.2, 0.25) is 0 Å². The fourth-order valence-corrected chi connectivity index (χ4v) is 2.80. The van der Waals surface area contributed by atoms with Crippen LogP contribution >= 0.6 is 0 Å². The number of fused-ring (bicyclic) bond motifs is 1. The molecule has 0 aliphatic carbocycles. The molecule has 0 radical (unpaired) electrons. The molecule has 2 saturated heterocycles. The van der Waals surface area contributed by atoms with Crippen molar-refractivity contribution in [1.29, 1.82) is 0 Å². The Labute approximate surface area is 123 Å². The average molecular weight is 301 g/mol. The van der Waals surface area contributed by atoms with Gasteiger partial charge in [0, 0.05) is 12.5 Å². The third-order valence-electron chi connectivity index (χ3n) is 3.86. The van der Waals surface area contributed by atoms with Gasteiger partial charge in [0.25, 0.3) is 0 Å².